The first kappa shape index (κ1) is 26.7. The van der Waals surface area contributed by atoms with Crippen molar-refractivity contribution in [3.63, 3.8) is 0 Å². The van der Waals surface area contributed by atoms with E-state index in [1.54, 1.807) is 0 Å². The van der Waals surface area contributed by atoms with Crippen molar-refractivity contribution in [3.8, 4) is 0 Å². The zero-order valence-electron chi connectivity index (χ0n) is 21.6. The molecule has 2 aromatic carbocycles. The quantitative estimate of drug-likeness (QED) is 0.294. The Bertz CT molecular complexity index is 1130. The third-order valence-corrected chi connectivity index (χ3v) is 7.65. The van der Waals surface area contributed by atoms with Crippen LogP contribution < -0.4 is 11.1 Å². The first-order valence-corrected chi connectivity index (χ1v) is 13.6. The molecule has 1 saturated heterocycles. The van der Waals surface area contributed by atoms with Crippen molar-refractivity contribution in [1.82, 2.24) is 4.90 Å². The van der Waals surface area contributed by atoms with Gasteiger partial charge in [-0.3, -0.25) is 4.79 Å². The lowest BCUT2D eigenvalue weighted by molar-refractivity contribution is -0.127. The molecule has 1 amide bonds. The van der Waals surface area contributed by atoms with Gasteiger partial charge in [0.1, 0.15) is 0 Å². The lowest BCUT2D eigenvalue weighted by atomic mass is 9.86. The van der Waals surface area contributed by atoms with Gasteiger partial charge in [0, 0.05) is 41.3 Å². The Kier molecular flexibility index (Phi) is 9.27. The van der Waals surface area contributed by atoms with Crippen LogP contribution in [0.15, 0.2) is 60.5 Å². The lowest BCUT2D eigenvalue weighted by Gasteiger charge is -2.33. The number of aryl methyl sites for hydroxylation is 1. The highest BCUT2D eigenvalue weighted by Crippen LogP contribution is 2.32. The Morgan fingerprint density at radius 2 is 1.86 bits per heavy atom. The summed E-state index contributed by atoms with van der Waals surface area (Å²) in [6, 6.07) is 12.5. The molecule has 35 heavy (non-hydrogen) atoms. The number of carbonyl (C=O) groups excluding carboxylic acids is 1. The molecule has 3 N–H and O–H groups in total. The molecule has 0 radical (unpaired) electrons. The number of carbonyl (C=O) groups is 1. The first-order chi connectivity index (χ1) is 16.8. The number of nitrogens with two attached hydrogens (primary N) is 1. The van der Waals surface area contributed by atoms with Crippen LogP contribution in [0.1, 0.15) is 55.9 Å². The van der Waals surface area contributed by atoms with Gasteiger partial charge in [0.25, 0.3) is 5.91 Å². The van der Waals surface area contributed by atoms with Crippen LogP contribution in [-0.4, -0.2) is 30.2 Å². The van der Waals surface area contributed by atoms with Crippen molar-refractivity contribution in [1.29, 1.82) is 0 Å². The van der Waals surface area contributed by atoms with Crippen molar-refractivity contribution < 1.29 is 4.79 Å². The summed E-state index contributed by atoms with van der Waals surface area (Å²) >= 11 is 1.53. The van der Waals surface area contributed by atoms with E-state index in [1.165, 1.54) is 22.9 Å². The average Bonchev–Trinajstić information content (AvgIpc) is 2.85. The van der Waals surface area contributed by atoms with Gasteiger partial charge >= 0.3 is 0 Å². The van der Waals surface area contributed by atoms with Gasteiger partial charge in [0.15, 0.2) is 0 Å². The predicted octanol–water partition coefficient (Wildman–Crippen LogP) is 7.00. The van der Waals surface area contributed by atoms with Gasteiger partial charge in [-0.05, 0) is 80.5 Å². The van der Waals surface area contributed by atoms with E-state index in [2.05, 4.69) is 43.6 Å². The fourth-order valence-corrected chi connectivity index (χ4v) is 5.27. The Morgan fingerprint density at radius 1 is 1.17 bits per heavy atom. The minimum absolute atomic E-state index is 0.167. The summed E-state index contributed by atoms with van der Waals surface area (Å²) in [7, 11) is 0. The van der Waals surface area contributed by atoms with Crippen LogP contribution in [-0.2, 0) is 17.6 Å². The number of nitrogen functional groups attached to an aromatic ring is 1. The third-order valence-electron chi connectivity index (χ3n) is 6.80. The number of anilines is 2. The van der Waals surface area contributed by atoms with Gasteiger partial charge in [0.05, 0.1) is 4.91 Å². The minimum atomic E-state index is 0.167. The van der Waals surface area contributed by atoms with E-state index in [4.69, 9.17) is 5.73 Å². The standard InChI is InChI=1S/C30H39N3OS/c1-7-22-9-11-27(21(5)32-28-19-25(31)10-12-26(28)20(3)4)24(17-22)18-23-13-15-33(16-14-23)30(34)29(8-2)35-6/h8-12,17,19,23,32H,3,5,7,13-16,18,31H2,1-2,4,6H3/b29-8-. The highest BCUT2D eigenvalue weighted by molar-refractivity contribution is 8.03. The van der Waals surface area contributed by atoms with E-state index in [-0.39, 0.29) is 5.91 Å². The van der Waals surface area contributed by atoms with Gasteiger partial charge in [-0.2, -0.15) is 0 Å². The number of nitrogens with one attached hydrogen (secondary N) is 1. The van der Waals surface area contributed by atoms with Gasteiger partial charge in [-0.15, -0.1) is 11.8 Å². The molecule has 0 bridgehead atoms. The lowest BCUT2D eigenvalue weighted by Crippen LogP contribution is -2.39. The smallest absolute Gasteiger partial charge is 0.259 e. The normalized spacial score (nSPS) is 14.6. The largest absolute Gasteiger partial charge is 0.399 e. The molecular formula is C30H39N3OS. The Labute approximate surface area is 215 Å². The Balaban J connectivity index is 1.77. The second kappa shape index (κ2) is 12.2. The molecule has 0 saturated carbocycles. The topological polar surface area (TPSA) is 58.4 Å². The number of piperidine rings is 1. The second-order valence-electron chi connectivity index (χ2n) is 9.33. The molecule has 0 spiro atoms. The average molecular weight is 490 g/mol. The third kappa shape index (κ3) is 6.61. The molecule has 1 aliphatic rings. The van der Waals surface area contributed by atoms with Crippen molar-refractivity contribution in [3.05, 3.63) is 82.8 Å². The predicted molar refractivity (Wildman–Crippen MR) is 154 cm³/mol. The highest BCUT2D eigenvalue weighted by Gasteiger charge is 2.25. The number of rotatable bonds is 9. The molecule has 0 atom stereocenters. The molecule has 1 heterocycles. The van der Waals surface area contributed by atoms with E-state index in [9.17, 15) is 4.79 Å². The van der Waals surface area contributed by atoms with Crippen LogP contribution in [0.3, 0.4) is 0 Å². The second-order valence-corrected chi connectivity index (χ2v) is 10.2. The van der Waals surface area contributed by atoms with E-state index < -0.39 is 0 Å². The zero-order chi connectivity index (χ0) is 25.5. The van der Waals surface area contributed by atoms with Crippen LogP contribution in [0.4, 0.5) is 11.4 Å². The zero-order valence-corrected chi connectivity index (χ0v) is 22.4. The van der Waals surface area contributed by atoms with E-state index in [0.717, 1.165) is 71.8 Å². The maximum Gasteiger partial charge on any atom is 0.259 e. The molecular weight excluding hydrogens is 450 g/mol. The van der Waals surface area contributed by atoms with Crippen molar-refractivity contribution in [2.45, 2.75) is 46.5 Å². The molecule has 4 nitrogen and oxygen atoms in total. The number of likely N-dealkylation sites (tertiary alicyclic amines) is 1. The van der Waals surface area contributed by atoms with Crippen LogP contribution in [0.25, 0.3) is 11.3 Å². The summed E-state index contributed by atoms with van der Waals surface area (Å²) in [6.07, 6.45) is 7.89. The SMILES string of the molecule is C=C(Nc1cc(N)ccc1C(=C)C)c1ccc(CC)cc1CC1CCN(C(=O)/C(=C/C)SC)CC1. The van der Waals surface area contributed by atoms with Crippen LogP contribution >= 0.6 is 11.8 Å². The molecule has 0 aliphatic carbocycles. The first-order valence-electron chi connectivity index (χ1n) is 12.4. The summed E-state index contributed by atoms with van der Waals surface area (Å²) < 4.78 is 0. The molecule has 0 aromatic heterocycles. The summed E-state index contributed by atoms with van der Waals surface area (Å²) in [5, 5.41) is 3.51. The molecule has 3 rings (SSSR count). The fourth-order valence-electron chi connectivity index (χ4n) is 4.73. The van der Waals surface area contributed by atoms with Gasteiger partial charge in [-0.25, -0.2) is 0 Å². The van der Waals surface area contributed by atoms with E-state index >= 15 is 0 Å². The molecule has 1 fully saturated rings. The Hall–Kier alpha value is -2.92. The van der Waals surface area contributed by atoms with Gasteiger partial charge in [-0.1, -0.05) is 50.4 Å². The number of benzene rings is 2. The summed E-state index contributed by atoms with van der Waals surface area (Å²) in [5.74, 6) is 0.708. The van der Waals surface area contributed by atoms with Crippen LogP contribution in [0.2, 0.25) is 0 Å². The molecule has 1 aliphatic heterocycles. The monoisotopic (exact) mass is 489 g/mol. The molecule has 0 unspecified atom stereocenters. The maximum absolute atomic E-state index is 12.7. The molecule has 2 aromatic rings. The van der Waals surface area contributed by atoms with E-state index in [1.807, 2.05) is 49.3 Å². The van der Waals surface area contributed by atoms with Crippen molar-refractivity contribution in [2.24, 2.45) is 5.92 Å². The van der Waals surface area contributed by atoms with E-state index in [0.29, 0.717) is 11.6 Å². The highest BCUT2D eigenvalue weighted by atomic mass is 32.2. The molecule has 186 valence electrons. The summed E-state index contributed by atoms with van der Waals surface area (Å²) in [4.78, 5) is 15.6. The summed E-state index contributed by atoms with van der Waals surface area (Å²) in [5.41, 5.74) is 14.3. The number of allylic oxidation sites excluding steroid dienone is 2. The van der Waals surface area contributed by atoms with Crippen LogP contribution in [0.5, 0.6) is 0 Å². The number of nitrogens with zero attached hydrogens (tertiary/aromatic N) is 1. The number of hydrogen-bond donors (Lipinski definition) is 2. The number of thioether (sulfide) groups is 1. The Morgan fingerprint density at radius 3 is 2.46 bits per heavy atom. The maximum atomic E-state index is 12.7. The van der Waals surface area contributed by atoms with Crippen molar-refractivity contribution in [2.75, 3.05) is 30.4 Å². The minimum Gasteiger partial charge on any atom is -0.399 e. The van der Waals surface area contributed by atoms with Gasteiger partial charge in [0.2, 0.25) is 0 Å². The van der Waals surface area contributed by atoms with Crippen molar-refractivity contribution >= 4 is 40.3 Å². The van der Waals surface area contributed by atoms with Crippen LogP contribution in [0, 0.1) is 5.92 Å². The number of hydrogen-bond acceptors (Lipinski definition) is 4. The van der Waals surface area contributed by atoms with Gasteiger partial charge < -0.3 is 16.0 Å². The molecule has 5 heteroatoms. The fraction of sp³-hybridized carbons (Fsp3) is 0.367. The summed E-state index contributed by atoms with van der Waals surface area (Å²) in [6.45, 7) is 16.2. The number of amides is 1.